The third-order valence-electron chi connectivity index (χ3n) is 2.53. The van der Waals surface area contributed by atoms with E-state index in [1.807, 2.05) is 26.8 Å². The van der Waals surface area contributed by atoms with Gasteiger partial charge in [-0.2, -0.15) is 5.26 Å². The first-order valence-electron chi connectivity index (χ1n) is 5.60. The van der Waals surface area contributed by atoms with Crippen LogP contribution in [-0.4, -0.2) is 18.3 Å². The zero-order chi connectivity index (χ0) is 13.0. The Morgan fingerprint density at radius 2 is 1.59 bits per heavy atom. The largest absolute Gasteiger partial charge is 0.506 e. The molecule has 0 amide bonds. The number of aromatic hydroxyl groups is 1. The van der Waals surface area contributed by atoms with Crippen LogP contribution in [0.15, 0.2) is 0 Å². The van der Waals surface area contributed by atoms with E-state index >= 15 is 0 Å². The van der Waals surface area contributed by atoms with Crippen LogP contribution in [0.1, 0.15) is 30.5 Å². The van der Waals surface area contributed by atoms with E-state index in [1.54, 1.807) is 6.92 Å². The molecule has 92 valence electrons. The van der Waals surface area contributed by atoms with Gasteiger partial charge in [-0.25, -0.2) is 0 Å². The Hall–Kier alpha value is -1.89. The maximum Gasteiger partial charge on any atom is 0.147 e. The van der Waals surface area contributed by atoms with Crippen molar-refractivity contribution >= 4 is 0 Å². The molecular formula is C13H17NO3. The van der Waals surface area contributed by atoms with E-state index in [0.717, 1.165) is 5.56 Å². The van der Waals surface area contributed by atoms with Crippen LogP contribution in [-0.2, 0) is 0 Å². The molecule has 1 aromatic rings. The number of benzene rings is 1. The lowest BCUT2D eigenvalue weighted by atomic mass is 10.0. The van der Waals surface area contributed by atoms with Gasteiger partial charge in [0.05, 0.1) is 13.2 Å². The van der Waals surface area contributed by atoms with Crippen molar-refractivity contribution in [1.82, 2.24) is 0 Å². The maximum absolute atomic E-state index is 9.95. The quantitative estimate of drug-likeness (QED) is 0.871. The molecule has 1 aromatic carbocycles. The Morgan fingerprint density at radius 1 is 1.06 bits per heavy atom. The van der Waals surface area contributed by atoms with Crippen molar-refractivity contribution in [2.24, 2.45) is 0 Å². The monoisotopic (exact) mass is 235 g/mol. The first-order chi connectivity index (χ1) is 8.08. The summed E-state index contributed by atoms with van der Waals surface area (Å²) >= 11 is 0. The molecule has 0 radical (unpaired) electrons. The molecule has 0 spiro atoms. The van der Waals surface area contributed by atoms with Gasteiger partial charge in [0.15, 0.2) is 0 Å². The minimum Gasteiger partial charge on any atom is -0.506 e. The van der Waals surface area contributed by atoms with Gasteiger partial charge in [-0.1, -0.05) is 0 Å². The highest BCUT2D eigenvalue weighted by molar-refractivity contribution is 5.65. The van der Waals surface area contributed by atoms with Crippen molar-refractivity contribution < 1.29 is 14.6 Å². The summed E-state index contributed by atoms with van der Waals surface area (Å²) in [5.41, 5.74) is 1.50. The van der Waals surface area contributed by atoms with E-state index in [2.05, 4.69) is 0 Å². The summed E-state index contributed by atoms with van der Waals surface area (Å²) in [5.74, 6) is 0.930. The summed E-state index contributed by atoms with van der Waals surface area (Å²) in [6.07, 6.45) is 0. The summed E-state index contributed by atoms with van der Waals surface area (Å²) in [5, 5.41) is 19.0. The number of phenolic OH excluding ortho intramolecular Hbond substituents is 1. The second kappa shape index (κ2) is 5.44. The predicted molar refractivity (Wildman–Crippen MR) is 64.6 cm³/mol. The molecule has 0 aliphatic carbocycles. The number of nitriles is 1. The molecule has 0 unspecified atom stereocenters. The Labute approximate surface area is 101 Å². The average Bonchev–Trinajstić information content (AvgIpc) is 2.32. The number of hydrogen-bond acceptors (Lipinski definition) is 4. The summed E-state index contributed by atoms with van der Waals surface area (Å²) < 4.78 is 10.9. The van der Waals surface area contributed by atoms with E-state index in [-0.39, 0.29) is 11.3 Å². The van der Waals surface area contributed by atoms with Crippen LogP contribution in [0.5, 0.6) is 17.2 Å². The standard InChI is InChI=1S/C13H17NO3/c1-5-16-12-8(3)11(15)10(7-14)13(9(12)4)17-6-2/h15H,5-6H2,1-4H3. The van der Waals surface area contributed by atoms with E-state index in [9.17, 15) is 5.11 Å². The van der Waals surface area contributed by atoms with Crippen LogP contribution >= 0.6 is 0 Å². The fourth-order valence-electron chi connectivity index (χ4n) is 1.76. The summed E-state index contributed by atoms with van der Waals surface area (Å²) in [7, 11) is 0. The first kappa shape index (κ1) is 13.2. The third-order valence-corrected chi connectivity index (χ3v) is 2.53. The van der Waals surface area contributed by atoms with Gasteiger partial charge in [0.25, 0.3) is 0 Å². The Balaban J connectivity index is 3.52. The average molecular weight is 235 g/mol. The van der Waals surface area contributed by atoms with Crippen LogP contribution in [0, 0.1) is 25.2 Å². The van der Waals surface area contributed by atoms with Gasteiger partial charge in [0.2, 0.25) is 0 Å². The lowest BCUT2D eigenvalue weighted by Gasteiger charge is -2.17. The van der Waals surface area contributed by atoms with Gasteiger partial charge < -0.3 is 14.6 Å². The van der Waals surface area contributed by atoms with Crippen molar-refractivity contribution in [2.45, 2.75) is 27.7 Å². The minimum absolute atomic E-state index is 0.0648. The van der Waals surface area contributed by atoms with Crippen LogP contribution in [0.4, 0.5) is 0 Å². The Kier molecular flexibility index (Phi) is 4.22. The lowest BCUT2D eigenvalue weighted by molar-refractivity contribution is 0.312. The molecule has 0 aliphatic heterocycles. The van der Waals surface area contributed by atoms with Gasteiger partial charge in [0.1, 0.15) is 28.9 Å². The molecule has 0 bridgehead atoms. The van der Waals surface area contributed by atoms with Crippen molar-refractivity contribution in [1.29, 1.82) is 5.26 Å². The molecular weight excluding hydrogens is 218 g/mol. The van der Waals surface area contributed by atoms with Gasteiger partial charge in [-0.15, -0.1) is 0 Å². The summed E-state index contributed by atoms with van der Waals surface area (Å²) in [4.78, 5) is 0. The molecule has 0 saturated carbocycles. The van der Waals surface area contributed by atoms with E-state index in [0.29, 0.717) is 30.3 Å². The molecule has 1 N–H and O–H groups in total. The lowest BCUT2D eigenvalue weighted by Crippen LogP contribution is -2.03. The van der Waals surface area contributed by atoms with Crippen LogP contribution < -0.4 is 9.47 Å². The number of nitrogens with zero attached hydrogens (tertiary/aromatic N) is 1. The number of phenols is 1. The fraction of sp³-hybridized carbons (Fsp3) is 0.462. The molecule has 0 aliphatic rings. The predicted octanol–water partition coefficient (Wildman–Crippen LogP) is 2.68. The highest BCUT2D eigenvalue weighted by Crippen LogP contribution is 2.41. The normalized spacial score (nSPS) is 9.82. The topological polar surface area (TPSA) is 62.5 Å². The van der Waals surface area contributed by atoms with E-state index in [1.165, 1.54) is 0 Å². The molecule has 0 saturated heterocycles. The number of rotatable bonds is 4. The maximum atomic E-state index is 9.95. The van der Waals surface area contributed by atoms with Crippen molar-refractivity contribution in [3.63, 3.8) is 0 Å². The second-order valence-corrected chi connectivity index (χ2v) is 3.61. The van der Waals surface area contributed by atoms with Gasteiger partial charge in [-0.05, 0) is 27.7 Å². The van der Waals surface area contributed by atoms with Gasteiger partial charge in [0, 0.05) is 11.1 Å². The van der Waals surface area contributed by atoms with E-state index in [4.69, 9.17) is 14.7 Å². The molecule has 0 fully saturated rings. The van der Waals surface area contributed by atoms with Crippen molar-refractivity contribution in [3.8, 4) is 23.3 Å². The zero-order valence-electron chi connectivity index (χ0n) is 10.6. The smallest absolute Gasteiger partial charge is 0.147 e. The number of hydrogen-bond donors (Lipinski definition) is 1. The van der Waals surface area contributed by atoms with E-state index < -0.39 is 0 Å². The highest BCUT2D eigenvalue weighted by atomic mass is 16.5. The molecule has 0 heterocycles. The zero-order valence-corrected chi connectivity index (χ0v) is 10.6. The molecule has 0 atom stereocenters. The molecule has 1 rings (SSSR count). The molecule has 0 aromatic heterocycles. The third kappa shape index (κ3) is 2.28. The summed E-state index contributed by atoms with van der Waals surface area (Å²) in [6.45, 7) is 8.18. The molecule has 4 nitrogen and oxygen atoms in total. The van der Waals surface area contributed by atoms with Crippen LogP contribution in [0.25, 0.3) is 0 Å². The van der Waals surface area contributed by atoms with Crippen molar-refractivity contribution in [3.05, 3.63) is 16.7 Å². The van der Waals surface area contributed by atoms with Crippen molar-refractivity contribution in [2.75, 3.05) is 13.2 Å². The first-order valence-corrected chi connectivity index (χ1v) is 5.60. The molecule has 17 heavy (non-hydrogen) atoms. The SMILES string of the molecule is CCOc1c(C)c(O)c(C#N)c(OCC)c1C. The summed E-state index contributed by atoms with van der Waals surface area (Å²) in [6, 6.07) is 1.97. The highest BCUT2D eigenvalue weighted by Gasteiger charge is 2.21. The van der Waals surface area contributed by atoms with Crippen LogP contribution in [0.3, 0.4) is 0 Å². The molecule has 4 heteroatoms. The fourth-order valence-corrected chi connectivity index (χ4v) is 1.76. The van der Waals surface area contributed by atoms with Gasteiger partial charge >= 0.3 is 0 Å². The number of ether oxygens (including phenoxy) is 2. The second-order valence-electron chi connectivity index (χ2n) is 3.61. The van der Waals surface area contributed by atoms with Gasteiger partial charge in [-0.3, -0.25) is 0 Å². The minimum atomic E-state index is -0.0648. The Bertz CT molecular complexity index is 461. The van der Waals surface area contributed by atoms with Crippen LogP contribution in [0.2, 0.25) is 0 Å². The Morgan fingerprint density at radius 3 is 2.06 bits per heavy atom.